The van der Waals surface area contributed by atoms with Gasteiger partial charge in [-0.1, -0.05) is 42.1 Å². The summed E-state index contributed by atoms with van der Waals surface area (Å²) in [6, 6.07) is 13.2. The highest BCUT2D eigenvalue weighted by molar-refractivity contribution is 7.99. The molecule has 3 heterocycles. The van der Waals surface area contributed by atoms with Gasteiger partial charge >= 0.3 is 0 Å². The van der Waals surface area contributed by atoms with Crippen LogP contribution in [0.2, 0.25) is 0 Å². The third-order valence-corrected chi connectivity index (χ3v) is 4.36. The second-order valence-electron chi connectivity index (χ2n) is 5.42. The number of nitrogens with zero attached hydrogens (tertiary/aromatic N) is 5. The second-order valence-corrected chi connectivity index (χ2v) is 6.36. The first-order valence-corrected chi connectivity index (χ1v) is 9.00. The molecule has 0 fully saturated rings. The molecule has 0 unspecified atom stereocenters. The zero-order valence-electron chi connectivity index (χ0n) is 14.0. The average molecular weight is 378 g/mol. The Kier molecular flexibility index (Phi) is 4.88. The van der Waals surface area contributed by atoms with E-state index in [1.807, 2.05) is 42.5 Å². The van der Waals surface area contributed by atoms with Gasteiger partial charge in [0.15, 0.2) is 11.6 Å². The van der Waals surface area contributed by atoms with E-state index >= 15 is 0 Å². The van der Waals surface area contributed by atoms with Gasteiger partial charge in [0, 0.05) is 23.5 Å². The SMILES string of the molecule is O=C(CSc1n[nH]c(-c2cccnc2)n1)Nc1n[nH]c(-c2ccccc2)n1. The molecule has 1 amide bonds. The van der Waals surface area contributed by atoms with Gasteiger partial charge < -0.3 is 0 Å². The number of amides is 1. The van der Waals surface area contributed by atoms with Crippen molar-refractivity contribution in [1.82, 2.24) is 35.3 Å². The van der Waals surface area contributed by atoms with E-state index in [2.05, 4.69) is 40.7 Å². The quantitative estimate of drug-likeness (QED) is 0.440. The Morgan fingerprint density at radius 2 is 1.74 bits per heavy atom. The van der Waals surface area contributed by atoms with E-state index in [1.165, 1.54) is 11.8 Å². The molecule has 0 aliphatic heterocycles. The number of carbonyl (C=O) groups excluding carboxylic acids is 1. The van der Waals surface area contributed by atoms with Crippen LogP contribution in [0, 0.1) is 0 Å². The summed E-state index contributed by atoms with van der Waals surface area (Å²) in [4.78, 5) is 24.8. The zero-order valence-corrected chi connectivity index (χ0v) is 14.8. The third-order valence-electron chi connectivity index (χ3n) is 3.52. The number of anilines is 1. The lowest BCUT2D eigenvalue weighted by Crippen LogP contribution is -2.15. The number of H-pyrrole nitrogens is 2. The lowest BCUT2D eigenvalue weighted by molar-refractivity contribution is -0.113. The summed E-state index contributed by atoms with van der Waals surface area (Å²) in [5.74, 6) is 1.32. The molecule has 3 N–H and O–H groups in total. The van der Waals surface area contributed by atoms with Crippen LogP contribution in [-0.2, 0) is 4.79 Å². The topological polar surface area (TPSA) is 125 Å². The van der Waals surface area contributed by atoms with Crippen molar-refractivity contribution >= 4 is 23.6 Å². The van der Waals surface area contributed by atoms with Crippen LogP contribution in [0.25, 0.3) is 22.8 Å². The molecule has 0 saturated carbocycles. The third kappa shape index (κ3) is 4.18. The summed E-state index contributed by atoms with van der Waals surface area (Å²) in [6.45, 7) is 0. The molecular formula is C17H14N8OS. The molecule has 4 rings (SSSR count). The Labute approximate surface area is 158 Å². The molecule has 0 saturated heterocycles. The molecular weight excluding hydrogens is 364 g/mol. The highest BCUT2D eigenvalue weighted by atomic mass is 32.2. The summed E-state index contributed by atoms with van der Waals surface area (Å²) in [6.07, 6.45) is 3.38. The predicted molar refractivity (Wildman–Crippen MR) is 101 cm³/mol. The lowest BCUT2D eigenvalue weighted by Gasteiger charge is -1.98. The fourth-order valence-electron chi connectivity index (χ4n) is 2.28. The molecule has 0 atom stereocenters. The lowest BCUT2D eigenvalue weighted by atomic mass is 10.2. The number of hydrogen-bond acceptors (Lipinski definition) is 7. The number of nitrogens with one attached hydrogen (secondary N) is 3. The standard InChI is InChI=1S/C17H14N8OS/c26-13(19-16-20-14(22-24-16)11-5-2-1-3-6-11)10-27-17-21-15(23-25-17)12-7-4-8-18-9-12/h1-9H,10H2,(H,21,23,25)(H2,19,20,22,24,26). The summed E-state index contributed by atoms with van der Waals surface area (Å²) >= 11 is 1.21. The monoisotopic (exact) mass is 378 g/mol. The smallest absolute Gasteiger partial charge is 0.249 e. The first-order chi connectivity index (χ1) is 13.3. The van der Waals surface area contributed by atoms with Crippen LogP contribution in [0.15, 0.2) is 60.0 Å². The molecule has 134 valence electrons. The van der Waals surface area contributed by atoms with E-state index < -0.39 is 0 Å². The van der Waals surface area contributed by atoms with E-state index in [0.717, 1.165) is 11.1 Å². The van der Waals surface area contributed by atoms with Gasteiger partial charge in [-0.3, -0.25) is 25.3 Å². The summed E-state index contributed by atoms with van der Waals surface area (Å²) < 4.78 is 0. The van der Waals surface area contributed by atoms with Gasteiger partial charge in [-0.05, 0) is 12.1 Å². The van der Waals surface area contributed by atoms with Crippen molar-refractivity contribution in [3.63, 3.8) is 0 Å². The molecule has 27 heavy (non-hydrogen) atoms. The molecule has 1 aromatic carbocycles. The normalized spacial score (nSPS) is 10.7. The van der Waals surface area contributed by atoms with Crippen LogP contribution in [0.5, 0.6) is 0 Å². The maximum absolute atomic E-state index is 12.1. The Balaban J connectivity index is 1.33. The van der Waals surface area contributed by atoms with Crippen LogP contribution >= 0.6 is 11.8 Å². The molecule has 0 aliphatic rings. The Morgan fingerprint density at radius 3 is 2.56 bits per heavy atom. The van der Waals surface area contributed by atoms with E-state index in [0.29, 0.717) is 16.8 Å². The van der Waals surface area contributed by atoms with Gasteiger partial charge in [-0.15, -0.1) is 10.2 Å². The Bertz CT molecular complexity index is 1030. The minimum Gasteiger partial charge on any atom is -0.292 e. The van der Waals surface area contributed by atoms with Gasteiger partial charge in [0.05, 0.1) is 5.75 Å². The number of pyridine rings is 1. The number of hydrogen-bond donors (Lipinski definition) is 3. The Hall–Kier alpha value is -3.53. The average Bonchev–Trinajstić information content (AvgIpc) is 3.37. The second kappa shape index (κ2) is 7.79. The minimum atomic E-state index is -0.244. The number of aromatic nitrogens is 7. The molecule has 9 nitrogen and oxygen atoms in total. The van der Waals surface area contributed by atoms with Gasteiger partial charge in [-0.25, -0.2) is 4.98 Å². The van der Waals surface area contributed by atoms with Gasteiger partial charge in [0.1, 0.15) is 0 Å². The van der Waals surface area contributed by atoms with Crippen LogP contribution < -0.4 is 5.32 Å². The highest BCUT2D eigenvalue weighted by Crippen LogP contribution is 2.19. The highest BCUT2D eigenvalue weighted by Gasteiger charge is 2.12. The van der Waals surface area contributed by atoms with Crippen LogP contribution in [0.4, 0.5) is 5.95 Å². The maximum Gasteiger partial charge on any atom is 0.249 e. The first-order valence-electron chi connectivity index (χ1n) is 8.01. The van der Waals surface area contributed by atoms with Crippen LogP contribution in [0.3, 0.4) is 0 Å². The van der Waals surface area contributed by atoms with E-state index in [4.69, 9.17) is 0 Å². The van der Waals surface area contributed by atoms with Crippen molar-refractivity contribution in [2.75, 3.05) is 11.1 Å². The Morgan fingerprint density at radius 1 is 0.963 bits per heavy atom. The fraction of sp³-hybridized carbons (Fsp3) is 0.0588. The predicted octanol–water partition coefficient (Wildman–Crippen LogP) is 2.38. The minimum absolute atomic E-state index is 0.138. The first kappa shape index (κ1) is 16.9. The van der Waals surface area contributed by atoms with Gasteiger partial charge in [0.25, 0.3) is 0 Å². The van der Waals surface area contributed by atoms with E-state index in [-0.39, 0.29) is 17.6 Å². The van der Waals surface area contributed by atoms with E-state index in [1.54, 1.807) is 12.4 Å². The number of carbonyl (C=O) groups is 1. The van der Waals surface area contributed by atoms with Crippen molar-refractivity contribution in [1.29, 1.82) is 0 Å². The number of benzene rings is 1. The maximum atomic E-state index is 12.1. The largest absolute Gasteiger partial charge is 0.292 e. The molecule has 0 radical (unpaired) electrons. The van der Waals surface area contributed by atoms with Crippen molar-refractivity contribution in [3.05, 3.63) is 54.9 Å². The molecule has 10 heteroatoms. The van der Waals surface area contributed by atoms with Crippen molar-refractivity contribution in [2.24, 2.45) is 0 Å². The summed E-state index contributed by atoms with van der Waals surface area (Å²) in [5, 5.41) is 16.9. The van der Waals surface area contributed by atoms with Gasteiger partial charge in [-0.2, -0.15) is 4.98 Å². The van der Waals surface area contributed by atoms with Crippen LogP contribution in [0.1, 0.15) is 0 Å². The molecule has 0 bridgehead atoms. The van der Waals surface area contributed by atoms with E-state index in [9.17, 15) is 4.79 Å². The summed E-state index contributed by atoms with van der Waals surface area (Å²) in [7, 11) is 0. The zero-order chi connectivity index (χ0) is 18.5. The fourth-order valence-corrected chi connectivity index (χ4v) is 2.88. The number of thioether (sulfide) groups is 1. The molecule has 4 aromatic rings. The van der Waals surface area contributed by atoms with Crippen LogP contribution in [-0.4, -0.2) is 47.0 Å². The number of rotatable bonds is 6. The van der Waals surface area contributed by atoms with Gasteiger partial charge in [0.2, 0.25) is 17.0 Å². The number of aromatic amines is 2. The molecule has 0 spiro atoms. The summed E-state index contributed by atoms with van der Waals surface area (Å²) in [5.41, 5.74) is 1.72. The van der Waals surface area contributed by atoms with Crippen molar-refractivity contribution in [3.8, 4) is 22.8 Å². The van der Waals surface area contributed by atoms with Crippen molar-refractivity contribution in [2.45, 2.75) is 5.16 Å². The van der Waals surface area contributed by atoms with Crippen molar-refractivity contribution < 1.29 is 4.79 Å². The molecule has 0 aliphatic carbocycles. The molecule has 3 aromatic heterocycles.